The predicted molar refractivity (Wildman–Crippen MR) is 93.6 cm³/mol. The molecule has 1 aliphatic heterocycles. The van der Waals surface area contributed by atoms with Crippen LogP contribution in [0, 0.1) is 6.92 Å². The van der Waals surface area contributed by atoms with Gasteiger partial charge in [-0.05, 0) is 26.3 Å². The van der Waals surface area contributed by atoms with Gasteiger partial charge in [-0.15, -0.1) is 0 Å². The summed E-state index contributed by atoms with van der Waals surface area (Å²) in [7, 11) is 1.15. The van der Waals surface area contributed by atoms with E-state index in [1.165, 1.54) is 4.90 Å². The van der Waals surface area contributed by atoms with Gasteiger partial charge in [0, 0.05) is 18.7 Å². The number of rotatable bonds is 4. The van der Waals surface area contributed by atoms with Crippen molar-refractivity contribution in [2.75, 3.05) is 20.2 Å². The number of hydrogen-bond acceptors (Lipinski definition) is 5. The van der Waals surface area contributed by atoms with E-state index in [9.17, 15) is 14.0 Å². The minimum atomic E-state index is -2.15. The smallest absolute Gasteiger partial charge is 0.345 e. The summed E-state index contributed by atoms with van der Waals surface area (Å²) in [6.07, 6.45) is 2.44. The first kappa shape index (κ1) is 18.3. The van der Waals surface area contributed by atoms with Crippen molar-refractivity contribution in [2.24, 2.45) is 0 Å². The lowest BCUT2D eigenvalue weighted by atomic mass is 10.1. The number of nitrogens with zero attached hydrogens (tertiary/aromatic N) is 4. The number of methoxy groups -OCH3 is 1. The third-order valence-corrected chi connectivity index (χ3v) is 4.99. The summed E-state index contributed by atoms with van der Waals surface area (Å²) < 4.78 is 21.0. The molecule has 2 atom stereocenters. The Kier molecular flexibility index (Phi) is 4.68. The van der Waals surface area contributed by atoms with E-state index in [2.05, 4.69) is 21.7 Å². The first-order valence-corrected chi connectivity index (χ1v) is 8.72. The van der Waals surface area contributed by atoms with E-state index < -0.39 is 11.6 Å². The standard InChI is InChI=1S/C18H23FN4O3/c1-5-12(3)23-15-14(9-20-23)13(8-11(2)21-15)16(24)22-7-6-18(19,10-22)17(25)26-4/h8-9,12H,5-7,10H2,1-4H3/t12-,18-/m1/s1. The predicted octanol–water partition coefficient (Wildman–Crippen LogP) is 2.44. The number of amides is 1. The Morgan fingerprint density at radius 3 is 2.85 bits per heavy atom. The van der Waals surface area contributed by atoms with Crippen LogP contribution in [-0.4, -0.2) is 57.4 Å². The number of pyridine rings is 1. The van der Waals surface area contributed by atoms with Gasteiger partial charge in [0.2, 0.25) is 5.67 Å². The highest BCUT2D eigenvalue weighted by molar-refractivity contribution is 6.06. The van der Waals surface area contributed by atoms with Gasteiger partial charge in [-0.3, -0.25) is 4.79 Å². The molecule has 3 heterocycles. The Hall–Kier alpha value is -2.51. The number of hydrogen-bond donors (Lipinski definition) is 0. The molecule has 3 rings (SSSR count). The number of likely N-dealkylation sites (tertiary alicyclic amines) is 1. The van der Waals surface area contributed by atoms with Crippen LogP contribution in [0.1, 0.15) is 48.8 Å². The van der Waals surface area contributed by atoms with Crippen molar-refractivity contribution >= 4 is 22.9 Å². The fraction of sp³-hybridized carbons (Fsp3) is 0.556. The van der Waals surface area contributed by atoms with Crippen LogP contribution in [0.15, 0.2) is 12.3 Å². The first-order valence-electron chi connectivity index (χ1n) is 8.72. The van der Waals surface area contributed by atoms with Gasteiger partial charge >= 0.3 is 5.97 Å². The topological polar surface area (TPSA) is 77.3 Å². The number of halogens is 1. The quantitative estimate of drug-likeness (QED) is 0.781. The molecule has 1 aliphatic rings. The van der Waals surface area contributed by atoms with Gasteiger partial charge in [0.1, 0.15) is 0 Å². The molecule has 7 nitrogen and oxygen atoms in total. The monoisotopic (exact) mass is 362 g/mol. The van der Waals surface area contributed by atoms with E-state index in [-0.39, 0.29) is 31.5 Å². The maximum atomic E-state index is 14.7. The maximum Gasteiger partial charge on any atom is 0.345 e. The van der Waals surface area contributed by atoms with Crippen LogP contribution in [0.3, 0.4) is 0 Å². The average molecular weight is 362 g/mol. The summed E-state index contributed by atoms with van der Waals surface area (Å²) in [4.78, 5) is 30.5. The van der Waals surface area contributed by atoms with Crippen LogP contribution in [0.5, 0.6) is 0 Å². The Morgan fingerprint density at radius 2 is 2.19 bits per heavy atom. The summed E-state index contributed by atoms with van der Waals surface area (Å²) in [5.74, 6) is -1.26. The molecule has 2 aromatic rings. The molecule has 2 aromatic heterocycles. The summed E-state index contributed by atoms with van der Waals surface area (Å²) in [5, 5.41) is 5.02. The number of aromatic nitrogens is 3. The van der Waals surface area contributed by atoms with Crippen LogP contribution >= 0.6 is 0 Å². The second-order valence-electron chi connectivity index (χ2n) is 6.83. The number of ether oxygens (including phenoxy) is 1. The Morgan fingerprint density at radius 1 is 1.46 bits per heavy atom. The fourth-order valence-corrected chi connectivity index (χ4v) is 3.28. The lowest BCUT2D eigenvalue weighted by Gasteiger charge is -2.19. The lowest BCUT2D eigenvalue weighted by molar-refractivity contribution is -0.153. The molecule has 0 aromatic carbocycles. The minimum absolute atomic E-state index is 0.0647. The van der Waals surface area contributed by atoms with Gasteiger partial charge < -0.3 is 9.64 Å². The Bertz CT molecular complexity index is 865. The van der Waals surface area contributed by atoms with E-state index >= 15 is 0 Å². The van der Waals surface area contributed by atoms with E-state index in [1.807, 2.05) is 13.8 Å². The molecule has 0 spiro atoms. The van der Waals surface area contributed by atoms with Crippen LogP contribution in [0.4, 0.5) is 4.39 Å². The van der Waals surface area contributed by atoms with Crippen LogP contribution < -0.4 is 0 Å². The third kappa shape index (κ3) is 2.93. The molecule has 1 amide bonds. The second kappa shape index (κ2) is 6.66. The van der Waals surface area contributed by atoms with Crippen molar-refractivity contribution in [1.29, 1.82) is 0 Å². The molecule has 140 valence electrons. The molecule has 0 radical (unpaired) electrons. The lowest BCUT2D eigenvalue weighted by Crippen LogP contribution is -2.39. The molecule has 1 saturated heterocycles. The van der Waals surface area contributed by atoms with Crippen LogP contribution in [0.2, 0.25) is 0 Å². The van der Waals surface area contributed by atoms with E-state index in [0.29, 0.717) is 22.3 Å². The van der Waals surface area contributed by atoms with Crippen molar-refractivity contribution < 1.29 is 18.7 Å². The summed E-state index contributed by atoms with van der Waals surface area (Å²) in [6, 6.07) is 1.83. The number of esters is 1. The van der Waals surface area contributed by atoms with Crippen LogP contribution in [0.25, 0.3) is 11.0 Å². The molecule has 26 heavy (non-hydrogen) atoms. The minimum Gasteiger partial charge on any atom is -0.467 e. The van der Waals surface area contributed by atoms with Crippen molar-refractivity contribution in [3.63, 3.8) is 0 Å². The van der Waals surface area contributed by atoms with Crippen molar-refractivity contribution in [3.8, 4) is 0 Å². The van der Waals surface area contributed by atoms with Crippen molar-refractivity contribution in [3.05, 3.63) is 23.5 Å². The highest BCUT2D eigenvalue weighted by Crippen LogP contribution is 2.30. The number of fused-ring (bicyclic) bond motifs is 1. The molecular weight excluding hydrogens is 339 g/mol. The number of aryl methyl sites for hydroxylation is 1. The third-order valence-electron chi connectivity index (χ3n) is 4.99. The fourth-order valence-electron chi connectivity index (χ4n) is 3.28. The van der Waals surface area contributed by atoms with Gasteiger partial charge in [-0.25, -0.2) is 18.9 Å². The molecule has 0 N–H and O–H groups in total. The van der Waals surface area contributed by atoms with E-state index in [4.69, 9.17) is 0 Å². The van der Waals surface area contributed by atoms with Crippen LogP contribution in [-0.2, 0) is 9.53 Å². The second-order valence-corrected chi connectivity index (χ2v) is 6.83. The largest absolute Gasteiger partial charge is 0.467 e. The first-order chi connectivity index (χ1) is 12.3. The van der Waals surface area contributed by atoms with Gasteiger partial charge in [0.25, 0.3) is 5.91 Å². The molecule has 0 aliphatic carbocycles. The van der Waals surface area contributed by atoms with Crippen molar-refractivity contribution in [2.45, 2.75) is 45.3 Å². The molecule has 0 bridgehead atoms. The zero-order valence-corrected chi connectivity index (χ0v) is 15.5. The summed E-state index contributed by atoms with van der Waals surface area (Å²) in [5.41, 5.74) is -0.394. The van der Waals surface area contributed by atoms with Gasteiger partial charge in [-0.1, -0.05) is 6.92 Å². The Labute approximate surface area is 151 Å². The van der Waals surface area contributed by atoms with Gasteiger partial charge in [0.15, 0.2) is 5.65 Å². The SMILES string of the molecule is CC[C@@H](C)n1ncc2c(C(=O)N3CC[C@](F)(C(=O)OC)C3)cc(C)nc21. The summed E-state index contributed by atoms with van der Waals surface area (Å²) >= 11 is 0. The highest BCUT2D eigenvalue weighted by atomic mass is 19.1. The molecular formula is C18H23FN4O3. The average Bonchev–Trinajstić information content (AvgIpc) is 3.23. The molecule has 1 fully saturated rings. The van der Waals surface area contributed by atoms with E-state index in [0.717, 1.165) is 13.5 Å². The van der Waals surface area contributed by atoms with Crippen molar-refractivity contribution in [1.82, 2.24) is 19.7 Å². The normalized spacial score (nSPS) is 21.2. The number of alkyl halides is 1. The van der Waals surface area contributed by atoms with Gasteiger partial charge in [-0.2, -0.15) is 5.10 Å². The Balaban J connectivity index is 1.97. The number of carbonyl (C=O) groups excluding carboxylic acids is 2. The summed E-state index contributed by atoms with van der Waals surface area (Å²) in [6.45, 7) is 5.75. The molecule has 8 heteroatoms. The molecule has 0 unspecified atom stereocenters. The maximum absolute atomic E-state index is 14.7. The van der Waals surface area contributed by atoms with E-state index in [1.54, 1.807) is 16.9 Å². The molecule has 0 saturated carbocycles. The van der Waals surface area contributed by atoms with Gasteiger partial charge in [0.05, 0.1) is 36.8 Å². The zero-order valence-electron chi connectivity index (χ0n) is 15.5. The number of carbonyl (C=O) groups is 2. The highest BCUT2D eigenvalue weighted by Gasteiger charge is 2.48. The zero-order chi connectivity index (χ0) is 19.1.